The highest BCUT2D eigenvalue weighted by atomic mass is 79.9. The van der Waals surface area contributed by atoms with Gasteiger partial charge in [-0.2, -0.15) is 0 Å². The molecule has 1 aliphatic rings. The molecule has 0 unspecified atom stereocenters. The first-order chi connectivity index (χ1) is 8.03. The number of rotatable bonds is 1. The largest absolute Gasteiger partial charge is 0.444 e. The molecule has 1 aliphatic heterocycles. The normalized spacial score (nSPS) is 22.8. The molecule has 1 heterocycles. The maximum atomic E-state index is 12.2. The quantitative estimate of drug-likeness (QED) is 0.686. The Kier molecular flexibility index (Phi) is 4.89. The van der Waals surface area contributed by atoms with E-state index >= 15 is 0 Å². The first kappa shape index (κ1) is 16.0. The van der Waals surface area contributed by atoms with Crippen molar-refractivity contribution in [3.05, 3.63) is 9.47 Å². The zero-order chi connectivity index (χ0) is 14.1. The highest BCUT2D eigenvalue weighted by molar-refractivity contribution is 9.28. The number of carbonyl (C=O) groups excluding carboxylic acids is 1. The fourth-order valence-electron chi connectivity index (χ4n) is 1.77. The third kappa shape index (κ3) is 4.24. The molecule has 0 aromatic carbocycles. The summed E-state index contributed by atoms with van der Waals surface area (Å²) in [6.45, 7) is 9.70. The van der Waals surface area contributed by atoms with E-state index in [1.807, 2.05) is 40.7 Å². The maximum absolute atomic E-state index is 12.2. The lowest BCUT2D eigenvalue weighted by Crippen LogP contribution is -2.49. The highest BCUT2D eigenvalue weighted by Crippen LogP contribution is 2.31. The van der Waals surface area contributed by atoms with Gasteiger partial charge in [-0.05, 0) is 72.6 Å². The standard InChI is InChI=1S/C12H19Br2NO3/c1-11(2,3)18-10(16)15-8(6-9(13)14)7-17-12(15,4)5/h6,8H,7H2,1-5H3/t8-/m0/s1. The molecule has 1 atom stereocenters. The minimum absolute atomic E-state index is 0.149. The molecule has 4 nitrogen and oxygen atoms in total. The SMILES string of the molecule is CC(C)(C)OC(=O)N1[C@@H](C=C(Br)Br)COC1(C)C. The molecule has 6 heteroatoms. The summed E-state index contributed by atoms with van der Waals surface area (Å²) >= 11 is 6.61. The third-order valence-electron chi connectivity index (χ3n) is 2.43. The predicted octanol–water partition coefficient (Wildman–Crippen LogP) is 3.99. The van der Waals surface area contributed by atoms with Gasteiger partial charge in [0, 0.05) is 0 Å². The van der Waals surface area contributed by atoms with Crippen molar-refractivity contribution in [2.45, 2.75) is 52.0 Å². The van der Waals surface area contributed by atoms with Crippen molar-refractivity contribution >= 4 is 38.0 Å². The Morgan fingerprint density at radius 1 is 1.44 bits per heavy atom. The number of hydrogen-bond donors (Lipinski definition) is 0. The second-order valence-electron chi connectivity index (χ2n) is 5.63. The Bertz CT molecular complexity index is 357. The van der Waals surface area contributed by atoms with Crippen LogP contribution < -0.4 is 0 Å². The van der Waals surface area contributed by atoms with E-state index in [2.05, 4.69) is 31.9 Å². The molecule has 0 aromatic rings. The number of halogens is 2. The average Bonchev–Trinajstić information content (AvgIpc) is 2.36. The first-order valence-corrected chi connectivity index (χ1v) is 7.30. The van der Waals surface area contributed by atoms with Gasteiger partial charge >= 0.3 is 6.09 Å². The minimum atomic E-state index is -0.668. The molecule has 18 heavy (non-hydrogen) atoms. The van der Waals surface area contributed by atoms with Crippen LogP contribution in [0.1, 0.15) is 34.6 Å². The van der Waals surface area contributed by atoms with Gasteiger partial charge in [0.05, 0.1) is 16.0 Å². The molecular weight excluding hydrogens is 366 g/mol. The van der Waals surface area contributed by atoms with Crippen LogP contribution in [0.3, 0.4) is 0 Å². The van der Waals surface area contributed by atoms with E-state index in [1.165, 1.54) is 0 Å². The fraction of sp³-hybridized carbons (Fsp3) is 0.750. The van der Waals surface area contributed by atoms with Gasteiger partial charge in [-0.25, -0.2) is 4.79 Å². The van der Waals surface area contributed by atoms with Crippen LogP contribution in [0.4, 0.5) is 4.79 Å². The molecule has 0 aromatic heterocycles. The van der Waals surface area contributed by atoms with Crippen molar-refractivity contribution in [3.63, 3.8) is 0 Å². The van der Waals surface area contributed by atoms with Gasteiger partial charge in [-0.1, -0.05) is 0 Å². The summed E-state index contributed by atoms with van der Waals surface area (Å²) in [6.07, 6.45) is 1.51. The molecule has 1 saturated heterocycles. The monoisotopic (exact) mass is 383 g/mol. The smallest absolute Gasteiger partial charge is 0.413 e. The van der Waals surface area contributed by atoms with Crippen LogP contribution in [0.5, 0.6) is 0 Å². The number of hydrogen-bond acceptors (Lipinski definition) is 3. The lowest BCUT2D eigenvalue weighted by molar-refractivity contribution is -0.0610. The van der Waals surface area contributed by atoms with Crippen molar-refractivity contribution in [1.82, 2.24) is 4.90 Å². The molecule has 0 bridgehead atoms. The number of ether oxygens (including phenoxy) is 2. The topological polar surface area (TPSA) is 38.8 Å². The predicted molar refractivity (Wildman–Crippen MR) is 77.8 cm³/mol. The Hall–Kier alpha value is -0.0700. The van der Waals surface area contributed by atoms with Gasteiger partial charge in [0.15, 0.2) is 0 Å². The van der Waals surface area contributed by atoms with E-state index < -0.39 is 11.3 Å². The molecule has 0 N–H and O–H groups in total. The minimum Gasteiger partial charge on any atom is -0.444 e. The van der Waals surface area contributed by atoms with Crippen LogP contribution in [0.15, 0.2) is 9.47 Å². The zero-order valence-corrected chi connectivity index (χ0v) is 14.5. The van der Waals surface area contributed by atoms with Crippen LogP contribution in [0.25, 0.3) is 0 Å². The maximum Gasteiger partial charge on any atom is 0.413 e. The van der Waals surface area contributed by atoms with E-state index in [0.717, 1.165) is 3.39 Å². The first-order valence-electron chi connectivity index (χ1n) is 5.72. The van der Waals surface area contributed by atoms with E-state index in [-0.39, 0.29) is 12.1 Å². The molecular formula is C12H19Br2NO3. The second-order valence-corrected chi connectivity index (χ2v) is 8.40. The van der Waals surface area contributed by atoms with Crippen molar-refractivity contribution in [2.75, 3.05) is 6.61 Å². The Morgan fingerprint density at radius 3 is 2.44 bits per heavy atom. The van der Waals surface area contributed by atoms with Crippen LogP contribution in [-0.4, -0.2) is 35.0 Å². The van der Waals surface area contributed by atoms with Crippen LogP contribution in [0.2, 0.25) is 0 Å². The molecule has 1 amide bonds. The Labute approximate surface area is 125 Å². The van der Waals surface area contributed by atoms with Crippen LogP contribution in [0, 0.1) is 0 Å². The second kappa shape index (κ2) is 5.51. The molecule has 0 spiro atoms. The molecule has 1 fully saturated rings. The van der Waals surface area contributed by atoms with E-state index in [0.29, 0.717) is 6.61 Å². The zero-order valence-electron chi connectivity index (χ0n) is 11.3. The summed E-state index contributed by atoms with van der Waals surface area (Å²) in [7, 11) is 0. The average molecular weight is 385 g/mol. The lowest BCUT2D eigenvalue weighted by atomic mass is 10.2. The summed E-state index contributed by atoms with van der Waals surface area (Å²) in [6, 6.07) is -0.149. The molecule has 1 rings (SSSR count). The van der Waals surface area contributed by atoms with Crippen molar-refractivity contribution in [1.29, 1.82) is 0 Å². The van der Waals surface area contributed by atoms with E-state index in [1.54, 1.807) is 4.90 Å². The summed E-state index contributed by atoms with van der Waals surface area (Å²) in [5, 5.41) is 0. The van der Waals surface area contributed by atoms with Gasteiger partial charge in [0.2, 0.25) is 0 Å². The Morgan fingerprint density at radius 2 is 2.00 bits per heavy atom. The van der Waals surface area contributed by atoms with Crippen molar-refractivity contribution < 1.29 is 14.3 Å². The summed E-state index contributed by atoms with van der Waals surface area (Å²) in [5.74, 6) is 0. The number of nitrogens with zero attached hydrogens (tertiary/aromatic N) is 1. The highest BCUT2D eigenvalue weighted by Gasteiger charge is 2.44. The van der Waals surface area contributed by atoms with Gasteiger partial charge in [0.25, 0.3) is 0 Å². The summed E-state index contributed by atoms with van der Waals surface area (Å²) in [5.41, 5.74) is -1.19. The van der Waals surface area contributed by atoms with Crippen molar-refractivity contribution in [3.8, 4) is 0 Å². The molecule has 104 valence electrons. The van der Waals surface area contributed by atoms with Gasteiger partial charge in [-0.15, -0.1) is 0 Å². The molecule has 0 radical (unpaired) electrons. The summed E-state index contributed by atoms with van der Waals surface area (Å²) in [4.78, 5) is 13.8. The lowest BCUT2D eigenvalue weighted by Gasteiger charge is -2.34. The molecule has 0 saturated carbocycles. The van der Waals surface area contributed by atoms with Crippen LogP contribution >= 0.6 is 31.9 Å². The van der Waals surface area contributed by atoms with Gasteiger partial charge in [-0.3, -0.25) is 4.90 Å². The number of carbonyl (C=O) groups is 1. The number of amides is 1. The third-order valence-corrected chi connectivity index (χ3v) is 2.96. The van der Waals surface area contributed by atoms with Gasteiger partial charge in [0.1, 0.15) is 11.3 Å². The Balaban J connectivity index is 2.92. The molecule has 0 aliphatic carbocycles. The fourth-order valence-corrected chi connectivity index (χ4v) is 2.38. The van der Waals surface area contributed by atoms with E-state index in [9.17, 15) is 4.79 Å². The van der Waals surface area contributed by atoms with Gasteiger partial charge < -0.3 is 9.47 Å². The summed E-state index contributed by atoms with van der Waals surface area (Å²) < 4.78 is 11.8. The van der Waals surface area contributed by atoms with Crippen LogP contribution in [-0.2, 0) is 9.47 Å². The van der Waals surface area contributed by atoms with E-state index in [4.69, 9.17) is 9.47 Å². The van der Waals surface area contributed by atoms with Crippen molar-refractivity contribution in [2.24, 2.45) is 0 Å².